The van der Waals surface area contributed by atoms with Gasteiger partial charge in [-0.05, 0) is 37.4 Å². The Morgan fingerprint density at radius 3 is 2.95 bits per heavy atom. The van der Waals surface area contributed by atoms with Gasteiger partial charge >= 0.3 is 0 Å². The molecule has 0 saturated carbocycles. The first-order chi connectivity index (χ1) is 9.49. The third kappa shape index (κ3) is 3.05. The molecule has 20 heavy (non-hydrogen) atoms. The highest BCUT2D eigenvalue weighted by molar-refractivity contribution is 5.97. The van der Waals surface area contributed by atoms with Gasteiger partial charge in [-0.15, -0.1) is 0 Å². The molecule has 7 nitrogen and oxygen atoms in total. The lowest BCUT2D eigenvalue weighted by Gasteiger charge is -2.28. The standard InChI is InChI=1S/C13H17N3O4/c1-8-3-2-6-14-12(8)13(18)15-10-5-4-9(17)7-11(10)16(19)20/h4-5,7-8,12,14,17H,2-3,6H2,1H3,(H,15,18). The predicted molar refractivity (Wildman–Crippen MR) is 73.6 cm³/mol. The molecule has 1 heterocycles. The number of hydrogen-bond acceptors (Lipinski definition) is 5. The Kier molecular flexibility index (Phi) is 4.19. The topological polar surface area (TPSA) is 104 Å². The summed E-state index contributed by atoms with van der Waals surface area (Å²) in [5, 5.41) is 25.9. The van der Waals surface area contributed by atoms with E-state index in [2.05, 4.69) is 10.6 Å². The zero-order valence-electron chi connectivity index (χ0n) is 11.1. The number of carbonyl (C=O) groups excluding carboxylic acids is 1. The molecule has 0 aromatic heterocycles. The van der Waals surface area contributed by atoms with E-state index in [1.165, 1.54) is 12.1 Å². The smallest absolute Gasteiger partial charge is 0.296 e. The van der Waals surface area contributed by atoms with Gasteiger partial charge in [0.15, 0.2) is 0 Å². The molecule has 0 radical (unpaired) electrons. The average molecular weight is 279 g/mol. The van der Waals surface area contributed by atoms with E-state index >= 15 is 0 Å². The number of phenolic OH excluding ortho intramolecular Hbond substituents is 1. The highest BCUT2D eigenvalue weighted by atomic mass is 16.6. The van der Waals surface area contributed by atoms with Gasteiger partial charge in [0.2, 0.25) is 5.91 Å². The van der Waals surface area contributed by atoms with E-state index in [0.29, 0.717) is 0 Å². The van der Waals surface area contributed by atoms with Crippen LogP contribution >= 0.6 is 0 Å². The number of phenols is 1. The van der Waals surface area contributed by atoms with Gasteiger partial charge in [0.05, 0.1) is 17.0 Å². The molecule has 1 saturated heterocycles. The zero-order valence-corrected chi connectivity index (χ0v) is 11.1. The molecular formula is C13H17N3O4. The van der Waals surface area contributed by atoms with E-state index in [0.717, 1.165) is 25.5 Å². The lowest BCUT2D eigenvalue weighted by atomic mass is 9.92. The van der Waals surface area contributed by atoms with E-state index in [-0.39, 0.29) is 35.0 Å². The minimum atomic E-state index is -0.632. The van der Waals surface area contributed by atoms with Crippen LogP contribution in [0.2, 0.25) is 0 Å². The second kappa shape index (κ2) is 5.87. The summed E-state index contributed by atoms with van der Waals surface area (Å²) in [5.41, 5.74) is -0.223. The van der Waals surface area contributed by atoms with Crippen molar-refractivity contribution in [2.24, 2.45) is 5.92 Å². The minimum absolute atomic E-state index is 0.0948. The second-order valence-corrected chi connectivity index (χ2v) is 5.00. The third-order valence-electron chi connectivity index (χ3n) is 3.49. The first kappa shape index (κ1) is 14.3. The quantitative estimate of drug-likeness (QED) is 0.443. The van der Waals surface area contributed by atoms with Crippen molar-refractivity contribution in [3.05, 3.63) is 28.3 Å². The Morgan fingerprint density at radius 1 is 1.55 bits per heavy atom. The summed E-state index contributed by atoms with van der Waals surface area (Å²) in [6.45, 7) is 2.74. The van der Waals surface area contributed by atoms with Gasteiger partial charge in [0, 0.05) is 0 Å². The number of amides is 1. The first-order valence-corrected chi connectivity index (χ1v) is 6.50. The summed E-state index contributed by atoms with van der Waals surface area (Å²) in [6, 6.07) is 3.31. The van der Waals surface area contributed by atoms with Crippen LogP contribution in [0.4, 0.5) is 11.4 Å². The highest BCUT2D eigenvalue weighted by Crippen LogP contribution is 2.29. The number of nitro groups is 1. The first-order valence-electron chi connectivity index (χ1n) is 6.50. The summed E-state index contributed by atoms with van der Waals surface area (Å²) in [7, 11) is 0. The van der Waals surface area contributed by atoms with Crippen LogP contribution in [-0.4, -0.2) is 28.5 Å². The molecule has 7 heteroatoms. The average Bonchev–Trinajstić information content (AvgIpc) is 2.41. The number of carbonyl (C=O) groups is 1. The molecule has 1 aliphatic rings. The van der Waals surface area contributed by atoms with Crippen molar-refractivity contribution in [3.8, 4) is 5.75 Å². The molecule has 1 amide bonds. The fourth-order valence-electron chi connectivity index (χ4n) is 2.39. The highest BCUT2D eigenvalue weighted by Gasteiger charge is 2.28. The van der Waals surface area contributed by atoms with Crippen molar-refractivity contribution >= 4 is 17.3 Å². The third-order valence-corrected chi connectivity index (χ3v) is 3.49. The summed E-state index contributed by atoms with van der Waals surface area (Å²) in [5.74, 6) is -0.315. The van der Waals surface area contributed by atoms with Gasteiger partial charge in [-0.2, -0.15) is 0 Å². The van der Waals surface area contributed by atoms with E-state index in [4.69, 9.17) is 0 Å². The van der Waals surface area contributed by atoms with Crippen LogP contribution in [0.25, 0.3) is 0 Å². The molecular weight excluding hydrogens is 262 g/mol. The van der Waals surface area contributed by atoms with Gasteiger partial charge in [-0.3, -0.25) is 14.9 Å². The number of anilines is 1. The van der Waals surface area contributed by atoms with Crippen molar-refractivity contribution < 1.29 is 14.8 Å². The molecule has 3 N–H and O–H groups in total. The number of rotatable bonds is 3. The molecule has 2 unspecified atom stereocenters. The largest absolute Gasteiger partial charge is 0.508 e. The minimum Gasteiger partial charge on any atom is -0.508 e. The van der Waals surface area contributed by atoms with Crippen LogP contribution in [0.5, 0.6) is 5.75 Å². The maximum atomic E-state index is 12.2. The van der Waals surface area contributed by atoms with Crippen LogP contribution in [0.15, 0.2) is 18.2 Å². The van der Waals surface area contributed by atoms with Crippen molar-refractivity contribution in [2.45, 2.75) is 25.8 Å². The predicted octanol–water partition coefficient (Wildman–Crippen LogP) is 1.63. The zero-order chi connectivity index (χ0) is 14.7. The molecule has 1 aliphatic heterocycles. The maximum absolute atomic E-state index is 12.2. The number of aromatic hydroxyl groups is 1. The van der Waals surface area contributed by atoms with Crippen molar-refractivity contribution in [2.75, 3.05) is 11.9 Å². The molecule has 0 spiro atoms. The monoisotopic (exact) mass is 279 g/mol. The van der Waals surface area contributed by atoms with Crippen LogP contribution in [0.3, 0.4) is 0 Å². The normalized spacial score (nSPS) is 22.2. The molecule has 1 aromatic rings. The maximum Gasteiger partial charge on any atom is 0.296 e. The number of hydrogen-bond donors (Lipinski definition) is 3. The molecule has 108 valence electrons. The fraction of sp³-hybridized carbons (Fsp3) is 0.462. The van der Waals surface area contributed by atoms with Gasteiger partial charge in [0.1, 0.15) is 11.4 Å². The fourth-order valence-corrected chi connectivity index (χ4v) is 2.39. The summed E-state index contributed by atoms with van der Waals surface area (Å²) < 4.78 is 0. The molecule has 1 fully saturated rings. The number of nitro benzene ring substituents is 1. The van der Waals surface area contributed by atoms with Crippen molar-refractivity contribution in [1.29, 1.82) is 0 Å². The van der Waals surface area contributed by atoms with E-state index in [9.17, 15) is 20.0 Å². The van der Waals surface area contributed by atoms with Gasteiger partial charge < -0.3 is 15.7 Å². The van der Waals surface area contributed by atoms with Gasteiger partial charge in [-0.25, -0.2) is 0 Å². The lowest BCUT2D eigenvalue weighted by Crippen LogP contribution is -2.48. The van der Waals surface area contributed by atoms with E-state index in [1.54, 1.807) is 0 Å². The van der Waals surface area contributed by atoms with Crippen molar-refractivity contribution in [3.63, 3.8) is 0 Å². The molecule has 0 aliphatic carbocycles. The van der Waals surface area contributed by atoms with E-state index in [1.807, 2.05) is 6.92 Å². The van der Waals surface area contributed by atoms with Crippen LogP contribution < -0.4 is 10.6 Å². The SMILES string of the molecule is CC1CCCNC1C(=O)Nc1ccc(O)cc1[N+](=O)[O-]. The number of nitrogens with one attached hydrogen (secondary N) is 2. The second-order valence-electron chi connectivity index (χ2n) is 5.00. The van der Waals surface area contributed by atoms with Gasteiger partial charge in [-0.1, -0.05) is 6.92 Å². The Morgan fingerprint density at radius 2 is 2.30 bits per heavy atom. The molecule has 1 aromatic carbocycles. The van der Waals surface area contributed by atoms with Crippen LogP contribution in [0.1, 0.15) is 19.8 Å². The Hall–Kier alpha value is -2.15. The Balaban J connectivity index is 2.17. The number of piperidine rings is 1. The van der Waals surface area contributed by atoms with Crippen molar-refractivity contribution in [1.82, 2.24) is 5.32 Å². The van der Waals surface area contributed by atoms with Crippen LogP contribution in [0, 0.1) is 16.0 Å². The molecule has 2 atom stereocenters. The molecule has 0 bridgehead atoms. The summed E-state index contributed by atoms with van der Waals surface area (Å²) in [6.07, 6.45) is 1.97. The van der Waals surface area contributed by atoms with Gasteiger partial charge in [0.25, 0.3) is 5.69 Å². The lowest BCUT2D eigenvalue weighted by molar-refractivity contribution is -0.384. The summed E-state index contributed by atoms with van der Waals surface area (Å²) in [4.78, 5) is 22.5. The summed E-state index contributed by atoms with van der Waals surface area (Å²) >= 11 is 0. The number of benzene rings is 1. The van der Waals surface area contributed by atoms with Crippen LogP contribution in [-0.2, 0) is 4.79 Å². The number of nitrogens with zero attached hydrogens (tertiary/aromatic N) is 1. The Labute approximate surface area is 116 Å². The molecule has 2 rings (SSSR count). The Bertz CT molecular complexity index is 532. The van der Waals surface area contributed by atoms with E-state index < -0.39 is 4.92 Å².